The number of anilines is 1. The number of aryl methyl sites for hydroxylation is 1. The SMILES string of the molecule is COc1ccc(Cc2nc(N)nn2-c2cc(OCc3nc4ccccc4n3C)ncn2)cc1OC. The molecule has 2 aromatic carbocycles. The Morgan fingerprint density at radius 1 is 0.914 bits per heavy atom. The number of hydrogen-bond acceptors (Lipinski definition) is 9. The zero-order valence-corrected chi connectivity index (χ0v) is 19.5. The minimum absolute atomic E-state index is 0.140. The maximum atomic E-state index is 5.93. The number of rotatable bonds is 8. The number of nitrogen functional groups attached to an aromatic ring is 1. The van der Waals surface area contributed by atoms with E-state index in [-0.39, 0.29) is 12.6 Å². The Morgan fingerprint density at radius 2 is 1.74 bits per heavy atom. The molecule has 0 amide bonds. The van der Waals surface area contributed by atoms with Gasteiger partial charge in [0.05, 0.1) is 25.3 Å². The maximum absolute atomic E-state index is 5.93. The minimum Gasteiger partial charge on any atom is -0.493 e. The number of ether oxygens (including phenoxy) is 3. The predicted molar refractivity (Wildman–Crippen MR) is 129 cm³/mol. The Kier molecular flexibility index (Phi) is 5.88. The smallest absolute Gasteiger partial charge is 0.240 e. The van der Waals surface area contributed by atoms with E-state index in [1.54, 1.807) is 25.0 Å². The van der Waals surface area contributed by atoms with Gasteiger partial charge in [-0.1, -0.05) is 18.2 Å². The summed E-state index contributed by atoms with van der Waals surface area (Å²) in [5.74, 6) is 3.67. The predicted octanol–water partition coefficient (Wildman–Crippen LogP) is 2.71. The Labute approximate surface area is 201 Å². The van der Waals surface area contributed by atoms with Crippen LogP contribution in [-0.4, -0.2) is 48.5 Å². The van der Waals surface area contributed by atoms with E-state index in [1.807, 2.05) is 54.1 Å². The van der Waals surface area contributed by atoms with Gasteiger partial charge in [0.1, 0.15) is 24.6 Å². The Hall–Kier alpha value is -4.67. The highest BCUT2D eigenvalue weighted by molar-refractivity contribution is 5.75. The van der Waals surface area contributed by atoms with Crippen LogP contribution in [0.15, 0.2) is 54.9 Å². The summed E-state index contributed by atoms with van der Waals surface area (Å²) in [6.45, 7) is 0.250. The molecule has 2 N–H and O–H groups in total. The van der Waals surface area contributed by atoms with Gasteiger partial charge in [0.25, 0.3) is 0 Å². The zero-order valence-electron chi connectivity index (χ0n) is 19.5. The van der Waals surface area contributed by atoms with Crippen LogP contribution in [0.4, 0.5) is 5.95 Å². The van der Waals surface area contributed by atoms with E-state index in [2.05, 4.69) is 25.0 Å². The summed E-state index contributed by atoms with van der Waals surface area (Å²) in [5, 5.41) is 4.32. The second kappa shape index (κ2) is 9.29. The van der Waals surface area contributed by atoms with Gasteiger partial charge in [0, 0.05) is 19.5 Å². The van der Waals surface area contributed by atoms with Gasteiger partial charge in [-0.3, -0.25) is 0 Å². The molecule has 0 fully saturated rings. The monoisotopic (exact) mass is 472 g/mol. The normalized spacial score (nSPS) is 11.1. The van der Waals surface area contributed by atoms with E-state index in [0.717, 1.165) is 22.4 Å². The fourth-order valence-electron chi connectivity index (χ4n) is 3.82. The van der Waals surface area contributed by atoms with Crippen molar-refractivity contribution in [3.8, 4) is 23.2 Å². The summed E-state index contributed by atoms with van der Waals surface area (Å²) < 4.78 is 20.2. The quantitative estimate of drug-likeness (QED) is 0.362. The number of nitrogens with zero attached hydrogens (tertiary/aromatic N) is 7. The second-order valence-electron chi connectivity index (χ2n) is 7.74. The van der Waals surface area contributed by atoms with Gasteiger partial charge in [-0.2, -0.15) is 9.67 Å². The number of nitrogens with two attached hydrogens (primary N) is 1. The van der Waals surface area contributed by atoms with Crippen molar-refractivity contribution in [2.24, 2.45) is 7.05 Å². The molecule has 5 aromatic rings. The molecule has 5 rings (SSSR count). The van der Waals surface area contributed by atoms with Crippen LogP contribution in [0.2, 0.25) is 0 Å². The number of hydrogen-bond donors (Lipinski definition) is 1. The number of methoxy groups -OCH3 is 2. The van der Waals surface area contributed by atoms with Crippen molar-refractivity contribution < 1.29 is 14.2 Å². The van der Waals surface area contributed by atoms with Crippen LogP contribution in [0.1, 0.15) is 17.2 Å². The highest BCUT2D eigenvalue weighted by Gasteiger charge is 2.15. The van der Waals surface area contributed by atoms with E-state index in [9.17, 15) is 0 Å². The van der Waals surface area contributed by atoms with Crippen molar-refractivity contribution >= 4 is 17.0 Å². The summed E-state index contributed by atoms with van der Waals surface area (Å²) in [7, 11) is 5.15. The van der Waals surface area contributed by atoms with Crippen molar-refractivity contribution in [1.29, 1.82) is 0 Å². The van der Waals surface area contributed by atoms with Gasteiger partial charge in [-0.15, -0.1) is 5.10 Å². The number of aromatic nitrogens is 7. The first-order valence-corrected chi connectivity index (χ1v) is 10.8. The van der Waals surface area contributed by atoms with Gasteiger partial charge >= 0.3 is 0 Å². The van der Waals surface area contributed by atoms with E-state index < -0.39 is 0 Å². The highest BCUT2D eigenvalue weighted by atomic mass is 16.5. The summed E-state index contributed by atoms with van der Waals surface area (Å²) >= 11 is 0. The largest absolute Gasteiger partial charge is 0.493 e. The van der Waals surface area contributed by atoms with E-state index in [4.69, 9.17) is 19.9 Å². The lowest BCUT2D eigenvalue weighted by molar-refractivity contribution is 0.280. The molecule has 11 nitrogen and oxygen atoms in total. The van der Waals surface area contributed by atoms with Crippen molar-refractivity contribution in [3.63, 3.8) is 0 Å². The number of fused-ring (bicyclic) bond motifs is 1. The summed E-state index contributed by atoms with van der Waals surface area (Å²) in [4.78, 5) is 17.6. The zero-order chi connectivity index (χ0) is 24.4. The average Bonchev–Trinajstić information content (AvgIpc) is 3.41. The third kappa shape index (κ3) is 4.43. The molecule has 0 saturated heterocycles. The highest BCUT2D eigenvalue weighted by Crippen LogP contribution is 2.28. The molecule has 3 heterocycles. The molecular weight excluding hydrogens is 448 g/mol. The molecule has 0 radical (unpaired) electrons. The van der Waals surface area contributed by atoms with E-state index in [1.165, 1.54) is 6.33 Å². The molecule has 0 bridgehead atoms. The van der Waals surface area contributed by atoms with Crippen LogP contribution in [0.5, 0.6) is 17.4 Å². The molecule has 0 aliphatic rings. The fourth-order valence-corrected chi connectivity index (χ4v) is 3.82. The lowest BCUT2D eigenvalue weighted by Gasteiger charge is -2.10. The van der Waals surface area contributed by atoms with Crippen LogP contribution in [0.3, 0.4) is 0 Å². The van der Waals surface area contributed by atoms with Gasteiger partial charge in [0.2, 0.25) is 11.8 Å². The van der Waals surface area contributed by atoms with Gasteiger partial charge in [0.15, 0.2) is 17.3 Å². The van der Waals surface area contributed by atoms with Crippen LogP contribution >= 0.6 is 0 Å². The minimum atomic E-state index is 0.140. The first-order valence-electron chi connectivity index (χ1n) is 10.8. The van der Waals surface area contributed by atoms with Crippen molar-refractivity contribution in [2.75, 3.05) is 20.0 Å². The molecule has 11 heteroatoms. The summed E-state index contributed by atoms with van der Waals surface area (Å²) in [6, 6.07) is 15.3. The molecule has 178 valence electrons. The molecule has 0 saturated carbocycles. The molecule has 3 aromatic heterocycles. The van der Waals surface area contributed by atoms with Crippen molar-refractivity contribution in [3.05, 3.63) is 72.1 Å². The Morgan fingerprint density at radius 3 is 2.54 bits per heavy atom. The third-order valence-electron chi connectivity index (χ3n) is 5.57. The topological polar surface area (TPSA) is 128 Å². The average molecular weight is 473 g/mol. The van der Waals surface area contributed by atoms with Crippen LogP contribution < -0.4 is 19.9 Å². The van der Waals surface area contributed by atoms with Gasteiger partial charge < -0.3 is 24.5 Å². The first kappa shape index (κ1) is 22.1. The van der Waals surface area contributed by atoms with Crippen molar-refractivity contribution in [1.82, 2.24) is 34.3 Å². The van der Waals surface area contributed by atoms with E-state index in [0.29, 0.717) is 35.4 Å². The molecule has 0 atom stereocenters. The third-order valence-corrected chi connectivity index (χ3v) is 5.57. The van der Waals surface area contributed by atoms with E-state index >= 15 is 0 Å². The van der Waals surface area contributed by atoms with Gasteiger partial charge in [-0.25, -0.2) is 15.0 Å². The molecular formula is C24H24N8O3. The van der Waals surface area contributed by atoms with Gasteiger partial charge in [-0.05, 0) is 29.8 Å². The molecule has 0 spiro atoms. The van der Waals surface area contributed by atoms with Crippen LogP contribution in [-0.2, 0) is 20.1 Å². The summed E-state index contributed by atoms with van der Waals surface area (Å²) in [5.41, 5.74) is 8.82. The lowest BCUT2D eigenvalue weighted by Crippen LogP contribution is -2.08. The standard InChI is InChI=1S/C24H24N8O3/c1-31-17-7-5-4-6-16(17)28-22(31)13-35-23-12-20(26-14-27-23)32-21(29-24(25)30-32)11-15-8-9-18(33-2)19(10-15)34-3/h4-10,12,14H,11,13H2,1-3H3,(H2,25,30). The lowest BCUT2D eigenvalue weighted by atomic mass is 10.1. The first-order chi connectivity index (χ1) is 17.1. The van der Waals surface area contributed by atoms with Crippen molar-refractivity contribution in [2.45, 2.75) is 13.0 Å². The molecule has 0 aliphatic heterocycles. The molecule has 35 heavy (non-hydrogen) atoms. The molecule has 0 unspecified atom stereocenters. The van der Waals surface area contributed by atoms with Crippen LogP contribution in [0.25, 0.3) is 16.9 Å². The fraction of sp³-hybridized carbons (Fsp3) is 0.208. The summed E-state index contributed by atoms with van der Waals surface area (Å²) in [6.07, 6.45) is 1.86. The number of para-hydroxylation sites is 2. The maximum Gasteiger partial charge on any atom is 0.240 e. The molecule has 0 aliphatic carbocycles. The Balaban J connectivity index is 1.38. The second-order valence-corrected chi connectivity index (χ2v) is 7.74. The van der Waals surface area contributed by atoms with Crippen LogP contribution in [0, 0.1) is 0 Å². The number of imidazole rings is 1. The number of benzene rings is 2. The Bertz CT molecular complexity index is 1490.